The molecule has 32 heavy (non-hydrogen) atoms. The minimum absolute atomic E-state index is 0.0481. The number of ether oxygens (including phenoxy) is 1. The van der Waals surface area contributed by atoms with Crippen LogP contribution in [0.2, 0.25) is 0 Å². The van der Waals surface area contributed by atoms with Gasteiger partial charge in [-0.25, -0.2) is 4.79 Å². The van der Waals surface area contributed by atoms with Crippen LogP contribution >= 0.6 is 0 Å². The summed E-state index contributed by atoms with van der Waals surface area (Å²) in [5.41, 5.74) is 3.07. The van der Waals surface area contributed by atoms with Crippen LogP contribution in [-0.4, -0.2) is 23.9 Å². The maximum absolute atomic E-state index is 12.7. The molecule has 0 aromatic heterocycles. The molecule has 1 atom stereocenters. The lowest BCUT2D eigenvalue weighted by Crippen LogP contribution is -2.34. The van der Waals surface area contributed by atoms with Crippen molar-refractivity contribution in [3.63, 3.8) is 0 Å². The van der Waals surface area contributed by atoms with E-state index < -0.39 is 23.9 Å². The average molecular weight is 428 g/mol. The molecule has 0 radical (unpaired) electrons. The minimum Gasteiger partial charge on any atom is -0.448 e. The Bertz CT molecular complexity index is 1120. The summed E-state index contributed by atoms with van der Waals surface area (Å²) in [6.45, 7) is 2.77. The van der Waals surface area contributed by atoms with Gasteiger partial charge in [-0.1, -0.05) is 78.9 Å². The molecule has 0 spiro atoms. The largest absolute Gasteiger partial charge is 0.448 e. The van der Waals surface area contributed by atoms with Crippen LogP contribution < -0.4 is 10.6 Å². The molecule has 0 aliphatic carbocycles. The molecule has 0 unspecified atom stereocenters. The Morgan fingerprint density at radius 2 is 1.44 bits per heavy atom. The van der Waals surface area contributed by atoms with Crippen molar-refractivity contribution in [3.05, 3.63) is 96.2 Å². The van der Waals surface area contributed by atoms with E-state index in [-0.39, 0.29) is 5.70 Å². The Morgan fingerprint density at radius 3 is 2.09 bits per heavy atom. The number of anilines is 1. The smallest absolute Gasteiger partial charge is 0.355 e. The van der Waals surface area contributed by atoms with E-state index in [1.165, 1.54) is 19.9 Å². The molecule has 3 aromatic carbocycles. The van der Waals surface area contributed by atoms with Crippen LogP contribution in [0.5, 0.6) is 0 Å². The number of hydrogen-bond donors (Lipinski definition) is 2. The van der Waals surface area contributed by atoms with Gasteiger partial charge in [0.2, 0.25) is 5.91 Å². The number of carbonyl (C=O) groups excluding carboxylic acids is 3. The van der Waals surface area contributed by atoms with Gasteiger partial charge in [-0.2, -0.15) is 0 Å². The van der Waals surface area contributed by atoms with Crippen LogP contribution in [0, 0.1) is 0 Å². The van der Waals surface area contributed by atoms with Gasteiger partial charge in [-0.05, 0) is 30.2 Å². The Labute approximate surface area is 186 Å². The van der Waals surface area contributed by atoms with E-state index in [2.05, 4.69) is 10.6 Å². The Kier molecular flexibility index (Phi) is 7.54. The molecule has 2 N–H and O–H groups in total. The second-order valence-electron chi connectivity index (χ2n) is 7.10. The maximum Gasteiger partial charge on any atom is 0.355 e. The number of para-hydroxylation sites is 1. The Morgan fingerprint density at radius 1 is 0.844 bits per heavy atom. The first-order valence-electron chi connectivity index (χ1n) is 10.1. The fraction of sp³-hybridized carbons (Fsp3) is 0.115. The highest BCUT2D eigenvalue weighted by Crippen LogP contribution is 2.27. The van der Waals surface area contributed by atoms with E-state index in [1.807, 2.05) is 66.7 Å². The van der Waals surface area contributed by atoms with E-state index in [1.54, 1.807) is 18.2 Å². The predicted molar refractivity (Wildman–Crippen MR) is 124 cm³/mol. The van der Waals surface area contributed by atoms with Gasteiger partial charge < -0.3 is 15.4 Å². The number of rotatable bonds is 7. The van der Waals surface area contributed by atoms with E-state index in [0.717, 1.165) is 11.1 Å². The molecule has 2 amide bonds. The summed E-state index contributed by atoms with van der Waals surface area (Å²) in [6.07, 6.45) is 0.415. The number of esters is 1. The van der Waals surface area contributed by atoms with Crippen molar-refractivity contribution in [2.75, 3.05) is 5.32 Å². The average Bonchev–Trinajstić information content (AvgIpc) is 2.80. The summed E-state index contributed by atoms with van der Waals surface area (Å²) in [6, 6.07) is 26.1. The van der Waals surface area contributed by atoms with Crippen molar-refractivity contribution < 1.29 is 19.1 Å². The molecule has 162 valence electrons. The zero-order valence-corrected chi connectivity index (χ0v) is 17.9. The van der Waals surface area contributed by atoms with Crippen molar-refractivity contribution in [1.82, 2.24) is 5.32 Å². The topological polar surface area (TPSA) is 84.5 Å². The second kappa shape index (κ2) is 10.7. The fourth-order valence-corrected chi connectivity index (χ4v) is 3.03. The first-order valence-corrected chi connectivity index (χ1v) is 10.1. The van der Waals surface area contributed by atoms with Gasteiger partial charge in [0.25, 0.3) is 5.91 Å². The lowest BCUT2D eigenvalue weighted by molar-refractivity contribution is -0.149. The van der Waals surface area contributed by atoms with Crippen LogP contribution in [0.4, 0.5) is 5.69 Å². The van der Waals surface area contributed by atoms with Crippen LogP contribution in [0.15, 0.2) is 90.6 Å². The van der Waals surface area contributed by atoms with Crippen LogP contribution in [0.1, 0.15) is 19.4 Å². The van der Waals surface area contributed by atoms with Crippen LogP contribution in [-0.2, 0) is 19.1 Å². The summed E-state index contributed by atoms with van der Waals surface area (Å²) >= 11 is 0. The molecule has 0 aliphatic heterocycles. The van der Waals surface area contributed by atoms with Gasteiger partial charge in [0.1, 0.15) is 5.70 Å². The zero-order valence-electron chi connectivity index (χ0n) is 17.9. The monoisotopic (exact) mass is 428 g/mol. The quantitative estimate of drug-likeness (QED) is 0.432. The summed E-state index contributed by atoms with van der Waals surface area (Å²) in [5.74, 6) is -1.70. The van der Waals surface area contributed by atoms with Crippen molar-refractivity contribution in [3.8, 4) is 11.1 Å². The third kappa shape index (κ3) is 6.15. The summed E-state index contributed by atoms with van der Waals surface area (Å²) < 4.78 is 5.33. The van der Waals surface area contributed by atoms with Gasteiger partial charge in [-0.3, -0.25) is 9.59 Å². The molecule has 0 saturated heterocycles. The second-order valence-corrected chi connectivity index (χ2v) is 7.10. The molecule has 3 aromatic rings. The highest BCUT2D eigenvalue weighted by Gasteiger charge is 2.22. The molecule has 0 bridgehead atoms. The first kappa shape index (κ1) is 22.5. The van der Waals surface area contributed by atoms with E-state index in [0.29, 0.717) is 11.3 Å². The Hall–Kier alpha value is -4.19. The standard InChI is InChI=1S/C26H24N2O4/c1-18(32-26(31)24(27-19(2)29)17-20-11-5-3-6-12-20)25(30)28-23-16-10-9-15-22(23)21-13-7-4-8-14-21/h3-18H,1-2H3,(H,27,29)(H,28,30)/b24-17+/t18-/m1/s1. The van der Waals surface area contributed by atoms with Crippen molar-refractivity contribution in [1.29, 1.82) is 0 Å². The van der Waals surface area contributed by atoms with E-state index >= 15 is 0 Å². The maximum atomic E-state index is 12.7. The third-order valence-corrected chi connectivity index (χ3v) is 4.56. The molecular weight excluding hydrogens is 404 g/mol. The lowest BCUT2D eigenvalue weighted by atomic mass is 10.0. The van der Waals surface area contributed by atoms with Gasteiger partial charge in [0, 0.05) is 18.2 Å². The molecule has 0 fully saturated rings. The fourth-order valence-electron chi connectivity index (χ4n) is 3.03. The molecule has 0 saturated carbocycles. The molecule has 0 heterocycles. The molecule has 0 aliphatic rings. The number of carbonyl (C=O) groups is 3. The van der Waals surface area contributed by atoms with E-state index in [9.17, 15) is 14.4 Å². The molecular formula is C26H24N2O4. The summed E-state index contributed by atoms with van der Waals surface area (Å²) in [4.78, 5) is 36.9. The molecule has 6 heteroatoms. The van der Waals surface area contributed by atoms with E-state index in [4.69, 9.17) is 4.74 Å². The minimum atomic E-state index is -1.08. The van der Waals surface area contributed by atoms with Gasteiger partial charge in [0.05, 0.1) is 0 Å². The number of amides is 2. The zero-order chi connectivity index (χ0) is 22.9. The van der Waals surface area contributed by atoms with Crippen molar-refractivity contribution in [2.45, 2.75) is 20.0 Å². The SMILES string of the molecule is CC(=O)N/C(=C/c1ccccc1)C(=O)O[C@H](C)C(=O)Nc1ccccc1-c1ccccc1. The predicted octanol–water partition coefficient (Wildman–Crippen LogP) is 4.40. The van der Waals surface area contributed by atoms with Gasteiger partial charge >= 0.3 is 5.97 Å². The van der Waals surface area contributed by atoms with Crippen molar-refractivity contribution >= 4 is 29.5 Å². The molecule has 3 rings (SSSR count). The summed E-state index contributed by atoms with van der Waals surface area (Å²) in [5, 5.41) is 5.29. The Balaban J connectivity index is 1.73. The molecule has 6 nitrogen and oxygen atoms in total. The first-order chi connectivity index (χ1) is 15.4. The number of benzene rings is 3. The lowest BCUT2D eigenvalue weighted by Gasteiger charge is -2.17. The summed E-state index contributed by atoms with van der Waals surface area (Å²) in [7, 11) is 0. The van der Waals surface area contributed by atoms with Crippen molar-refractivity contribution in [2.24, 2.45) is 0 Å². The van der Waals surface area contributed by atoms with Gasteiger partial charge in [0.15, 0.2) is 6.10 Å². The highest BCUT2D eigenvalue weighted by atomic mass is 16.5. The normalized spacial score (nSPS) is 11.9. The highest BCUT2D eigenvalue weighted by molar-refractivity contribution is 6.02. The van der Waals surface area contributed by atoms with Gasteiger partial charge in [-0.15, -0.1) is 0 Å². The van der Waals surface area contributed by atoms with Crippen LogP contribution in [0.25, 0.3) is 17.2 Å². The number of hydrogen-bond acceptors (Lipinski definition) is 4. The number of nitrogens with one attached hydrogen (secondary N) is 2. The van der Waals surface area contributed by atoms with Crippen LogP contribution in [0.3, 0.4) is 0 Å². The third-order valence-electron chi connectivity index (χ3n) is 4.56.